The van der Waals surface area contributed by atoms with E-state index in [4.69, 9.17) is 4.74 Å². The van der Waals surface area contributed by atoms with Gasteiger partial charge in [0.05, 0.1) is 17.6 Å². The molecule has 1 aromatic carbocycles. The maximum absolute atomic E-state index is 12.3. The van der Waals surface area contributed by atoms with Gasteiger partial charge in [-0.15, -0.1) is 0 Å². The van der Waals surface area contributed by atoms with Crippen LogP contribution in [-0.4, -0.2) is 41.4 Å². The van der Waals surface area contributed by atoms with Gasteiger partial charge in [-0.05, 0) is 31.4 Å². The second-order valence-electron chi connectivity index (χ2n) is 5.22. The summed E-state index contributed by atoms with van der Waals surface area (Å²) < 4.78 is 4.74. The fourth-order valence-corrected chi connectivity index (χ4v) is 2.63. The Hall–Kier alpha value is -2.70. The molecule has 0 aliphatic carbocycles. The molecule has 23 heavy (non-hydrogen) atoms. The number of nitro groups is 1. The van der Waals surface area contributed by atoms with Gasteiger partial charge in [-0.25, -0.2) is 4.79 Å². The molecule has 1 heterocycles. The number of carbonyl (C=O) groups excluding carboxylic acids is 2. The highest BCUT2D eigenvalue weighted by Crippen LogP contribution is 2.21. The van der Waals surface area contributed by atoms with E-state index in [1.54, 1.807) is 18.2 Å². The van der Waals surface area contributed by atoms with Crippen LogP contribution in [0.25, 0.3) is 6.08 Å². The number of piperidine rings is 1. The number of ether oxygens (including phenoxy) is 1. The average Bonchev–Trinajstić information content (AvgIpc) is 2.59. The fourth-order valence-electron chi connectivity index (χ4n) is 2.63. The number of nitrogens with zero attached hydrogens (tertiary/aromatic N) is 2. The molecule has 122 valence electrons. The summed E-state index contributed by atoms with van der Waals surface area (Å²) in [6.07, 6.45) is 4.92. The lowest BCUT2D eigenvalue weighted by molar-refractivity contribution is -0.385. The van der Waals surface area contributed by atoms with Crippen molar-refractivity contribution in [3.8, 4) is 0 Å². The summed E-state index contributed by atoms with van der Waals surface area (Å²) >= 11 is 0. The number of methoxy groups -OCH3 is 1. The minimum Gasteiger partial charge on any atom is -0.467 e. The minimum atomic E-state index is -0.586. The zero-order chi connectivity index (χ0) is 16.8. The van der Waals surface area contributed by atoms with E-state index in [1.807, 2.05) is 0 Å². The van der Waals surface area contributed by atoms with Crippen LogP contribution in [0.15, 0.2) is 30.3 Å². The highest BCUT2D eigenvalue weighted by molar-refractivity contribution is 5.95. The van der Waals surface area contributed by atoms with Crippen LogP contribution in [0.5, 0.6) is 0 Å². The van der Waals surface area contributed by atoms with Crippen molar-refractivity contribution >= 4 is 23.6 Å². The minimum absolute atomic E-state index is 0.0697. The molecule has 2 rings (SSSR count). The lowest BCUT2D eigenvalue weighted by atomic mass is 10.0. The molecule has 1 fully saturated rings. The van der Waals surface area contributed by atoms with Crippen LogP contribution in [0.1, 0.15) is 24.8 Å². The maximum Gasteiger partial charge on any atom is 0.328 e. The number of para-hydroxylation sites is 1. The number of rotatable bonds is 4. The smallest absolute Gasteiger partial charge is 0.328 e. The molecule has 0 radical (unpaired) electrons. The number of esters is 1. The first-order valence-electron chi connectivity index (χ1n) is 7.34. The monoisotopic (exact) mass is 318 g/mol. The Bertz CT molecular complexity index is 641. The predicted molar refractivity (Wildman–Crippen MR) is 83.5 cm³/mol. The largest absolute Gasteiger partial charge is 0.467 e. The standard InChI is InChI=1S/C16H18N2O5/c1-23-16(20)14-8-4-5-11-17(14)15(19)10-9-12-6-2-3-7-13(12)18(21)22/h2-3,6-7,9-10,14H,4-5,8,11H2,1H3/b10-9+. The lowest BCUT2D eigenvalue weighted by Gasteiger charge is -2.32. The molecule has 1 aliphatic rings. The van der Waals surface area contributed by atoms with E-state index in [1.165, 1.54) is 30.2 Å². The van der Waals surface area contributed by atoms with Crippen LogP contribution in [-0.2, 0) is 14.3 Å². The predicted octanol–water partition coefficient (Wildman–Crippen LogP) is 2.16. The van der Waals surface area contributed by atoms with Gasteiger partial charge in [0, 0.05) is 18.7 Å². The third-order valence-corrected chi connectivity index (χ3v) is 3.80. The molecule has 1 aliphatic heterocycles. The molecule has 1 unspecified atom stereocenters. The van der Waals surface area contributed by atoms with Crippen LogP contribution >= 0.6 is 0 Å². The maximum atomic E-state index is 12.3. The highest BCUT2D eigenvalue weighted by Gasteiger charge is 2.31. The van der Waals surface area contributed by atoms with Gasteiger partial charge in [-0.2, -0.15) is 0 Å². The summed E-state index contributed by atoms with van der Waals surface area (Å²) in [5, 5.41) is 11.0. The van der Waals surface area contributed by atoms with E-state index in [0.717, 1.165) is 12.8 Å². The van der Waals surface area contributed by atoms with Crippen molar-refractivity contribution in [1.82, 2.24) is 4.90 Å². The van der Waals surface area contributed by atoms with E-state index < -0.39 is 16.9 Å². The second kappa shape index (κ2) is 7.53. The third kappa shape index (κ3) is 3.94. The molecule has 7 nitrogen and oxygen atoms in total. The van der Waals surface area contributed by atoms with Gasteiger partial charge in [0.1, 0.15) is 6.04 Å². The molecule has 0 bridgehead atoms. The van der Waals surface area contributed by atoms with E-state index >= 15 is 0 Å². The molecule has 1 amide bonds. The van der Waals surface area contributed by atoms with Crippen LogP contribution in [0.4, 0.5) is 5.69 Å². The first-order chi connectivity index (χ1) is 11.0. The van der Waals surface area contributed by atoms with Gasteiger partial charge < -0.3 is 9.64 Å². The topological polar surface area (TPSA) is 89.8 Å². The quantitative estimate of drug-likeness (QED) is 0.367. The van der Waals surface area contributed by atoms with Gasteiger partial charge in [-0.3, -0.25) is 14.9 Å². The summed E-state index contributed by atoms with van der Waals surface area (Å²) in [6.45, 7) is 0.472. The number of hydrogen-bond acceptors (Lipinski definition) is 5. The Labute approximate surface area is 133 Å². The molecule has 0 spiro atoms. The van der Waals surface area contributed by atoms with Gasteiger partial charge in [-0.1, -0.05) is 12.1 Å². The Morgan fingerprint density at radius 1 is 1.35 bits per heavy atom. The van der Waals surface area contributed by atoms with Gasteiger partial charge in [0.2, 0.25) is 5.91 Å². The van der Waals surface area contributed by atoms with Crippen molar-refractivity contribution in [2.24, 2.45) is 0 Å². The lowest BCUT2D eigenvalue weighted by Crippen LogP contribution is -2.47. The summed E-state index contributed by atoms with van der Waals surface area (Å²) in [7, 11) is 1.29. The average molecular weight is 318 g/mol. The molecular weight excluding hydrogens is 300 g/mol. The van der Waals surface area contributed by atoms with E-state index in [-0.39, 0.29) is 11.6 Å². The summed E-state index contributed by atoms with van der Waals surface area (Å²) in [5.41, 5.74) is 0.275. The zero-order valence-electron chi connectivity index (χ0n) is 12.8. The Balaban J connectivity index is 2.17. The van der Waals surface area contributed by atoms with Crippen LogP contribution in [0, 0.1) is 10.1 Å². The molecule has 7 heteroatoms. The number of benzene rings is 1. The first-order valence-corrected chi connectivity index (χ1v) is 7.34. The Kier molecular flexibility index (Phi) is 5.46. The second-order valence-corrected chi connectivity index (χ2v) is 5.22. The van der Waals surface area contributed by atoms with Crippen LogP contribution in [0.2, 0.25) is 0 Å². The molecule has 0 aromatic heterocycles. The van der Waals surface area contributed by atoms with Gasteiger partial charge in [0.15, 0.2) is 0 Å². The van der Waals surface area contributed by atoms with Crippen LogP contribution < -0.4 is 0 Å². The van der Waals surface area contributed by atoms with Crippen molar-refractivity contribution in [1.29, 1.82) is 0 Å². The normalized spacial score (nSPS) is 18.0. The van der Waals surface area contributed by atoms with E-state index in [9.17, 15) is 19.7 Å². The Morgan fingerprint density at radius 2 is 2.09 bits per heavy atom. The number of hydrogen-bond donors (Lipinski definition) is 0. The zero-order valence-corrected chi connectivity index (χ0v) is 12.8. The number of likely N-dealkylation sites (tertiary alicyclic amines) is 1. The molecule has 1 saturated heterocycles. The molecular formula is C16H18N2O5. The van der Waals surface area contributed by atoms with Crippen LogP contribution in [0.3, 0.4) is 0 Å². The number of amides is 1. The number of nitro benzene ring substituents is 1. The van der Waals surface area contributed by atoms with Crippen molar-refractivity contribution in [2.45, 2.75) is 25.3 Å². The molecule has 1 atom stereocenters. The highest BCUT2D eigenvalue weighted by atomic mass is 16.6. The number of carbonyl (C=O) groups is 2. The third-order valence-electron chi connectivity index (χ3n) is 3.80. The van der Waals surface area contributed by atoms with E-state index in [0.29, 0.717) is 18.5 Å². The van der Waals surface area contributed by atoms with Crippen molar-refractivity contribution in [3.05, 3.63) is 46.0 Å². The Morgan fingerprint density at radius 3 is 2.78 bits per heavy atom. The van der Waals surface area contributed by atoms with Crippen molar-refractivity contribution < 1.29 is 19.2 Å². The summed E-state index contributed by atoms with van der Waals surface area (Å²) in [6, 6.07) is 5.58. The fraction of sp³-hybridized carbons (Fsp3) is 0.375. The van der Waals surface area contributed by atoms with E-state index in [2.05, 4.69) is 0 Å². The molecule has 0 saturated carbocycles. The van der Waals surface area contributed by atoms with Gasteiger partial charge >= 0.3 is 5.97 Å². The SMILES string of the molecule is COC(=O)C1CCCCN1C(=O)/C=C/c1ccccc1[N+](=O)[O-]. The molecule has 1 aromatic rings. The van der Waals surface area contributed by atoms with Crippen molar-refractivity contribution in [3.63, 3.8) is 0 Å². The summed E-state index contributed by atoms with van der Waals surface area (Å²) in [4.78, 5) is 36.0. The first kappa shape index (κ1) is 16.7. The summed E-state index contributed by atoms with van der Waals surface area (Å²) in [5.74, 6) is -0.782. The molecule has 0 N–H and O–H groups in total. The van der Waals surface area contributed by atoms with Crippen molar-refractivity contribution in [2.75, 3.05) is 13.7 Å². The van der Waals surface area contributed by atoms with Gasteiger partial charge in [0.25, 0.3) is 5.69 Å².